The van der Waals surface area contributed by atoms with Gasteiger partial charge in [-0.25, -0.2) is 4.98 Å². The monoisotopic (exact) mass is 457 g/mol. The van der Waals surface area contributed by atoms with Crippen LogP contribution in [-0.4, -0.2) is 54.9 Å². The van der Waals surface area contributed by atoms with Gasteiger partial charge in [-0.3, -0.25) is 14.9 Å². The predicted molar refractivity (Wildman–Crippen MR) is 123 cm³/mol. The number of rotatable bonds is 10. The van der Waals surface area contributed by atoms with Gasteiger partial charge < -0.3 is 25.4 Å². The number of nitrogen functional groups attached to an aromatic ring is 1. The molecule has 0 fully saturated rings. The fourth-order valence-electron chi connectivity index (χ4n) is 2.76. The summed E-state index contributed by atoms with van der Waals surface area (Å²) in [6, 6.07) is 11.3. The van der Waals surface area contributed by atoms with Gasteiger partial charge in [-0.2, -0.15) is 0 Å². The highest BCUT2D eigenvalue weighted by molar-refractivity contribution is 7.18. The number of nitro benzene ring substituents is 1. The maximum atomic E-state index is 12.9. The van der Waals surface area contributed by atoms with E-state index in [1.54, 1.807) is 0 Å². The summed E-state index contributed by atoms with van der Waals surface area (Å²) >= 11 is 1.07. The highest BCUT2D eigenvalue weighted by Crippen LogP contribution is 2.33. The van der Waals surface area contributed by atoms with Crippen LogP contribution in [0.2, 0.25) is 0 Å². The van der Waals surface area contributed by atoms with E-state index >= 15 is 0 Å². The number of nitrogens with zero attached hydrogens (tertiary/aromatic N) is 3. The molecule has 0 aliphatic rings. The summed E-state index contributed by atoms with van der Waals surface area (Å²) < 4.78 is 10.6. The van der Waals surface area contributed by atoms with Crippen molar-refractivity contribution < 1.29 is 19.2 Å². The Balaban J connectivity index is 1.73. The number of ketones is 1. The van der Waals surface area contributed by atoms with Crippen LogP contribution in [0, 0.1) is 10.1 Å². The van der Waals surface area contributed by atoms with Crippen molar-refractivity contribution in [2.24, 2.45) is 0 Å². The first-order valence-corrected chi connectivity index (χ1v) is 10.4. The number of anilines is 3. The number of nitro groups is 1. The second kappa shape index (κ2) is 10.1. The molecule has 0 radical (unpaired) electrons. The number of hydrogen-bond donors (Lipinski definition) is 2. The number of nitrogens with one attached hydrogen (secondary N) is 1. The van der Waals surface area contributed by atoms with E-state index in [2.05, 4.69) is 10.3 Å². The number of nitrogens with two attached hydrogens (primary N) is 1. The van der Waals surface area contributed by atoms with Gasteiger partial charge in [0.15, 0.2) is 10.9 Å². The molecule has 0 aliphatic heterocycles. The van der Waals surface area contributed by atoms with Crippen LogP contribution >= 0.6 is 11.3 Å². The van der Waals surface area contributed by atoms with E-state index in [-0.39, 0.29) is 27.7 Å². The largest absolute Gasteiger partial charge is 0.492 e. The zero-order valence-corrected chi connectivity index (χ0v) is 18.6. The van der Waals surface area contributed by atoms with E-state index in [0.29, 0.717) is 11.7 Å². The third-order valence-electron chi connectivity index (χ3n) is 4.41. The minimum Gasteiger partial charge on any atom is -0.492 e. The second-order valence-electron chi connectivity index (χ2n) is 7.01. The Kier molecular flexibility index (Phi) is 7.23. The van der Waals surface area contributed by atoms with Crippen LogP contribution in [0.1, 0.15) is 15.2 Å². The Morgan fingerprint density at radius 3 is 2.59 bits per heavy atom. The second-order valence-corrected chi connectivity index (χ2v) is 8.01. The number of carbonyl (C=O) groups is 1. The summed E-state index contributed by atoms with van der Waals surface area (Å²) in [7, 11) is 5.28. The van der Waals surface area contributed by atoms with E-state index in [1.807, 2.05) is 43.3 Å². The highest BCUT2D eigenvalue weighted by atomic mass is 32.1. The lowest BCUT2D eigenvalue weighted by Crippen LogP contribution is -2.19. The molecule has 168 valence electrons. The van der Waals surface area contributed by atoms with Crippen LogP contribution in [0.25, 0.3) is 0 Å². The number of carbonyl (C=O) groups excluding carboxylic acids is 1. The minimum absolute atomic E-state index is 0.0459. The molecule has 0 saturated carbocycles. The van der Waals surface area contributed by atoms with Crippen molar-refractivity contribution in [2.45, 2.75) is 0 Å². The fraction of sp³-hybridized carbons (Fsp3) is 0.238. The SMILES string of the molecule is COc1ccc(C(=O)c2sc(Nc3ccc(OCCN(C)C)cc3)nc2N)cc1[N+](=O)[O-]. The maximum absolute atomic E-state index is 12.9. The van der Waals surface area contributed by atoms with Crippen LogP contribution in [0.4, 0.5) is 22.3 Å². The quantitative estimate of drug-likeness (QED) is 0.266. The smallest absolute Gasteiger partial charge is 0.311 e. The van der Waals surface area contributed by atoms with Gasteiger partial charge in [0.2, 0.25) is 5.78 Å². The van der Waals surface area contributed by atoms with E-state index in [0.717, 1.165) is 29.3 Å². The van der Waals surface area contributed by atoms with Crippen molar-refractivity contribution in [3.63, 3.8) is 0 Å². The Morgan fingerprint density at radius 1 is 1.25 bits per heavy atom. The van der Waals surface area contributed by atoms with E-state index in [1.165, 1.54) is 25.3 Å². The van der Waals surface area contributed by atoms with Gasteiger partial charge >= 0.3 is 5.69 Å². The lowest BCUT2D eigenvalue weighted by molar-refractivity contribution is -0.385. The average molecular weight is 458 g/mol. The Bertz CT molecular complexity index is 1110. The van der Waals surface area contributed by atoms with Crippen LogP contribution in [0.15, 0.2) is 42.5 Å². The Labute approximate surface area is 188 Å². The average Bonchev–Trinajstić information content (AvgIpc) is 3.13. The summed E-state index contributed by atoms with van der Waals surface area (Å²) in [6.45, 7) is 1.39. The highest BCUT2D eigenvalue weighted by Gasteiger charge is 2.22. The number of methoxy groups -OCH3 is 1. The molecule has 11 heteroatoms. The van der Waals surface area contributed by atoms with Gasteiger partial charge in [0, 0.05) is 23.9 Å². The van der Waals surface area contributed by atoms with Gasteiger partial charge in [-0.1, -0.05) is 11.3 Å². The minimum atomic E-state index is -0.605. The van der Waals surface area contributed by atoms with Crippen molar-refractivity contribution in [2.75, 3.05) is 45.4 Å². The van der Waals surface area contributed by atoms with E-state index in [9.17, 15) is 14.9 Å². The summed E-state index contributed by atoms with van der Waals surface area (Å²) in [4.78, 5) is 29.9. The normalized spacial score (nSPS) is 10.8. The number of aromatic nitrogens is 1. The first-order valence-electron chi connectivity index (χ1n) is 9.56. The third-order valence-corrected chi connectivity index (χ3v) is 5.40. The standard InChI is InChI=1S/C21H23N5O5S/c1-25(2)10-11-31-15-7-5-14(6-8-15)23-21-24-20(22)19(32-21)18(27)13-4-9-17(30-3)16(12-13)26(28)29/h4-9,12H,10-11,22H2,1-3H3,(H,23,24). The molecule has 0 bridgehead atoms. The molecule has 0 spiro atoms. The molecule has 1 aromatic heterocycles. The Hall–Kier alpha value is -3.70. The molecule has 0 amide bonds. The van der Waals surface area contributed by atoms with Gasteiger partial charge in [-0.15, -0.1) is 0 Å². The number of likely N-dealkylation sites (N-methyl/N-ethyl adjacent to an activating group) is 1. The van der Waals surface area contributed by atoms with Gasteiger partial charge in [-0.05, 0) is 50.5 Å². The summed E-state index contributed by atoms with van der Waals surface area (Å²) in [5.74, 6) is 0.404. The van der Waals surface area contributed by atoms with Crippen molar-refractivity contribution in [1.29, 1.82) is 0 Å². The molecule has 32 heavy (non-hydrogen) atoms. The van der Waals surface area contributed by atoms with Crippen molar-refractivity contribution in [3.8, 4) is 11.5 Å². The summed E-state index contributed by atoms with van der Waals surface area (Å²) in [5, 5.41) is 14.8. The van der Waals surface area contributed by atoms with E-state index < -0.39 is 10.7 Å². The first-order chi connectivity index (χ1) is 15.3. The van der Waals surface area contributed by atoms with Gasteiger partial charge in [0.1, 0.15) is 23.1 Å². The molecule has 0 atom stereocenters. The molecule has 2 aromatic carbocycles. The number of thiazole rings is 1. The van der Waals surface area contributed by atoms with Crippen molar-refractivity contribution >= 4 is 39.4 Å². The molecule has 10 nitrogen and oxygen atoms in total. The van der Waals surface area contributed by atoms with E-state index in [4.69, 9.17) is 15.2 Å². The molecule has 1 heterocycles. The topological polar surface area (TPSA) is 133 Å². The predicted octanol–water partition coefficient (Wildman–Crippen LogP) is 3.56. The maximum Gasteiger partial charge on any atom is 0.311 e. The summed E-state index contributed by atoms with van der Waals surface area (Å²) in [5.41, 5.74) is 6.52. The zero-order valence-electron chi connectivity index (χ0n) is 17.8. The number of ether oxygens (including phenoxy) is 2. The molecule has 3 rings (SSSR count). The van der Waals surface area contributed by atoms with Gasteiger partial charge in [0.25, 0.3) is 0 Å². The molecule has 3 N–H and O–H groups in total. The molecule has 3 aromatic rings. The van der Waals surface area contributed by atoms with Crippen LogP contribution in [-0.2, 0) is 0 Å². The number of benzene rings is 2. The fourth-order valence-corrected chi connectivity index (χ4v) is 3.62. The van der Waals surface area contributed by atoms with Crippen LogP contribution in [0.5, 0.6) is 11.5 Å². The lowest BCUT2D eigenvalue weighted by Gasteiger charge is -2.11. The Morgan fingerprint density at radius 2 is 1.97 bits per heavy atom. The molecular formula is C21H23N5O5S. The van der Waals surface area contributed by atoms with Crippen LogP contribution < -0.4 is 20.5 Å². The molecule has 0 unspecified atom stereocenters. The zero-order chi connectivity index (χ0) is 23.3. The molecular weight excluding hydrogens is 434 g/mol. The van der Waals surface area contributed by atoms with Crippen molar-refractivity contribution in [3.05, 3.63) is 63.0 Å². The van der Waals surface area contributed by atoms with Crippen LogP contribution in [0.3, 0.4) is 0 Å². The number of hydrogen-bond acceptors (Lipinski definition) is 10. The first kappa shape index (κ1) is 23.0. The molecule has 0 aliphatic carbocycles. The third kappa shape index (κ3) is 5.50. The lowest BCUT2D eigenvalue weighted by atomic mass is 10.1. The summed E-state index contributed by atoms with van der Waals surface area (Å²) in [6.07, 6.45) is 0. The van der Waals surface area contributed by atoms with Crippen molar-refractivity contribution in [1.82, 2.24) is 9.88 Å². The molecule has 0 saturated heterocycles. The van der Waals surface area contributed by atoms with Gasteiger partial charge in [0.05, 0.1) is 12.0 Å².